The van der Waals surface area contributed by atoms with E-state index < -0.39 is 0 Å². The van der Waals surface area contributed by atoms with Crippen molar-refractivity contribution in [2.24, 2.45) is 0 Å². The van der Waals surface area contributed by atoms with Gasteiger partial charge in [0.15, 0.2) is 5.43 Å². The molecule has 1 N–H and O–H groups in total. The Labute approximate surface area is 122 Å². The van der Waals surface area contributed by atoms with Crippen LogP contribution in [0.15, 0.2) is 53.6 Å². The first-order valence-corrected chi connectivity index (χ1v) is 6.63. The first-order chi connectivity index (χ1) is 10.1. The summed E-state index contributed by atoms with van der Waals surface area (Å²) in [4.78, 5) is 23.4. The molecular formula is C16H15N3O2. The number of hydrogen-bond donors (Lipinski definition) is 1. The molecule has 1 aromatic carbocycles. The van der Waals surface area contributed by atoms with Crippen molar-refractivity contribution in [3.05, 3.63) is 64.6 Å². The first-order valence-electron chi connectivity index (χ1n) is 6.63. The number of rotatable bonds is 4. The molecule has 106 valence electrons. The number of hydrogen-bond acceptors (Lipinski definition) is 3. The molecule has 2 rings (SSSR count). The molecule has 1 amide bonds. The van der Waals surface area contributed by atoms with Gasteiger partial charge in [0.05, 0.1) is 11.6 Å². The Balaban J connectivity index is 2.14. The van der Waals surface area contributed by atoms with Crippen LogP contribution in [0.1, 0.15) is 24.9 Å². The van der Waals surface area contributed by atoms with E-state index in [9.17, 15) is 9.59 Å². The maximum Gasteiger partial charge on any atom is 0.247 e. The number of pyridine rings is 1. The Hall–Kier alpha value is -2.87. The number of amides is 1. The maximum absolute atomic E-state index is 12.3. The van der Waals surface area contributed by atoms with Gasteiger partial charge in [-0.05, 0) is 30.7 Å². The van der Waals surface area contributed by atoms with Crippen LogP contribution in [0.4, 0.5) is 5.69 Å². The lowest BCUT2D eigenvalue weighted by Crippen LogP contribution is -2.25. The number of nitrogens with one attached hydrogen (secondary N) is 1. The standard InChI is InChI=1S/C16H15N3O2/c1-2-15(19-9-7-14(20)8-10-19)16(21)18-13-5-3-12(11-17)4-6-13/h3-10,15H,2H2,1H3,(H,18,21). The van der Waals surface area contributed by atoms with Crippen LogP contribution in [0, 0.1) is 11.3 Å². The van der Waals surface area contributed by atoms with E-state index in [0.717, 1.165) is 0 Å². The Morgan fingerprint density at radius 1 is 1.24 bits per heavy atom. The molecule has 2 aromatic rings. The number of carbonyl (C=O) groups is 1. The third-order valence-corrected chi connectivity index (χ3v) is 3.15. The van der Waals surface area contributed by atoms with E-state index in [-0.39, 0.29) is 17.4 Å². The Morgan fingerprint density at radius 2 is 1.86 bits per heavy atom. The smallest absolute Gasteiger partial charge is 0.247 e. The second-order valence-electron chi connectivity index (χ2n) is 4.58. The topological polar surface area (TPSA) is 74.9 Å². The second kappa shape index (κ2) is 6.53. The minimum Gasteiger partial charge on any atom is -0.342 e. The van der Waals surface area contributed by atoms with Gasteiger partial charge in [-0.15, -0.1) is 0 Å². The van der Waals surface area contributed by atoms with E-state index in [2.05, 4.69) is 5.32 Å². The lowest BCUT2D eigenvalue weighted by Gasteiger charge is -2.18. The highest BCUT2D eigenvalue weighted by Crippen LogP contribution is 2.15. The zero-order chi connectivity index (χ0) is 15.2. The van der Waals surface area contributed by atoms with E-state index in [0.29, 0.717) is 17.7 Å². The normalized spacial score (nSPS) is 11.4. The van der Waals surface area contributed by atoms with Gasteiger partial charge in [0.2, 0.25) is 5.91 Å². The lowest BCUT2D eigenvalue weighted by atomic mass is 10.1. The van der Waals surface area contributed by atoms with E-state index >= 15 is 0 Å². The third-order valence-electron chi connectivity index (χ3n) is 3.15. The van der Waals surface area contributed by atoms with E-state index in [4.69, 9.17) is 5.26 Å². The second-order valence-corrected chi connectivity index (χ2v) is 4.58. The SMILES string of the molecule is CCC(C(=O)Nc1ccc(C#N)cc1)n1ccc(=O)cc1. The molecule has 0 spiro atoms. The zero-order valence-corrected chi connectivity index (χ0v) is 11.6. The summed E-state index contributed by atoms with van der Waals surface area (Å²) >= 11 is 0. The van der Waals surface area contributed by atoms with Gasteiger partial charge in [0, 0.05) is 30.2 Å². The summed E-state index contributed by atoms with van der Waals surface area (Å²) in [5, 5.41) is 11.6. The monoisotopic (exact) mass is 281 g/mol. The molecule has 1 atom stereocenters. The van der Waals surface area contributed by atoms with Gasteiger partial charge >= 0.3 is 0 Å². The molecule has 0 saturated heterocycles. The number of benzene rings is 1. The number of carbonyl (C=O) groups excluding carboxylic acids is 1. The predicted octanol–water partition coefficient (Wildman–Crippen LogP) is 2.31. The predicted molar refractivity (Wildman–Crippen MR) is 79.8 cm³/mol. The summed E-state index contributed by atoms with van der Waals surface area (Å²) in [6, 6.07) is 11.2. The minimum atomic E-state index is -0.388. The molecule has 1 unspecified atom stereocenters. The van der Waals surface area contributed by atoms with Gasteiger partial charge in [-0.1, -0.05) is 6.92 Å². The molecule has 0 radical (unpaired) electrons. The number of anilines is 1. The largest absolute Gasteiger partial charge is 0.342 e. The minimum absolute atomic E-state index is 0.0893. The average molecular weight is 281 g/mol. The van der Waals surface area contributed by atoms with Gasteiger partial charge in [-0.2, -0.15) is 5.26 Å². The van der Waals surface area contributed by atoms with Crippen LogP contribution in [0.3, 0.4) is 0 Å². The maximum atomic E-state index is 12.3. The lowest BCUT2D eigenvalue weighted by molar-refractivity contribution is -0.119. The van der Waals surface area contributed by atoms with Gasteiger partial charge < -0.3 is 9.88 Å². The number of nitriles is 1. The molecule has 1 heterocycles. The van der Waals surface area contributed by atoms with Gasteiger partial charge in [0.25, 0.3) is 0 Å². The molecule has 5 heteroatoms. The highest BCUT2D eigenvalue weighted by molar-refractivity contribution is 5.93. The van der Waals surface area contributed by atoms with Crippen molar-refractivity contribution in [1.82, 2.24) is 4.57 Å². The van der Waals surface area contributed by atoms with Crippen LogP contribution >= 0.6 is 0 Å². The van der Waals surface area contributed by atoms with Crippen molar-refractivity contribution in [3.63, 3.8) is 0 Å². The highest BCUT2D eigenvalue weighted by Gasteiger charge is 2.17. The van der Waals surface area contributed by atoms with Crippen LogP contribution in [0.25, 0.3) is 0 Å². The van der Waals surface area contributed by atoms with E-state index in [1.807, 2.05) is 13.0 Å². The van der Waals surface area contributed by atoms with Crippen LogP contribution in [0.5, 0.6) is 0 Å². The number of aromatic nitrogens is 1. The first kappa shape index (κ1) is 14.5. The summed E-state index contributed by atoms with van der Waals surface area (Å²) in [6.45, 7) is 1.90. The summed E-state index contributed by atoms with van der Waals surface area (Å²) < 4.78 is 1.71. The fraction of sp³-hybridized carbons (Fsp3) is 0.188. The molecule has 21 heavy (non-hydrogen) atoms. The third kappa shape index (κ3) is 3.57. The zero-order valence-electron chi connectivity index (χ0n) is 11.6. The van der Waals surface area contributed by atoms with Crippen molar-refractivity contribution in [2.75, 3.05) is 5.32 Å². The molecule has 0 saturated carbocycles. The average Bonchev–Trinajstić information content (AvgIpc) is 2.50. The molecule has 0 aliphatic heterocycles. The van der Waals surface area contributed by atoms with Crippen LogP contribution in [-0.4, -0.2) is 10.5 Å². The van der Waals surface area contributed by atoms with Crippen LogP contribution in [0.2, 0.25) is 0 Å². The summed E-state index contributed by atoms with van der Waals surface area (Å²) in [5.41, 5.74) is 1.09. The molecular weight excluding hydrogens is 266 g/mol. The fourth-order valence-corrected chi connectivity index (χ4v) is 2.02. The van der Waals surface area contributed by atoms with Crippen LogP contribution < -0.4 is 10.7 Å². The van der Waals surface area contributed by atoms with Gasteiger partial charge in [-0.3, -0.25) is 9.59 Å². The van der Waals surface area contributed by atoms with Crippen molar-refractivity contribution >= 4 is 11.6 Å². The molecule has 0 bridgehead atoms. The summed E-state index contributed by atoms with van der Waals surface area (Å²) in [7, 11) is 0. The van der Waals surface area contributed by atoms with Crippen molar-refractivity contribution < 1.29 is 4.79 Å². The molecule has 0 aliphatic carbocycles. The molecule has 0 aliphatic rings. The van der Waals surface area contributed by atoms with Gasteiger partial charge in [-0.25, -0.2) is 0 Å². The summed E-state index contributed by atoms with van der Waals surface area (Å²) in [6.07, 6.45) is 3.81. The van der Waals surface area contributed by atoms with Crippen molar-refractivity contribution in [1.29, 1.82) is 5.26 Å². The highest BCUT2D eigenvalue weighted by atomic mass is 16.2. The Bertz CT molecular complexity index is 706. The fourth-order valence-electron chi connectivity index (χ4n) is 2.02. The molecule has 1 aromatic heterocycles. The van der Waals surface area contributed by atoms with Crippen molar-refractivity contribution in [3.8, 4) is 6.07 Å². The Morgan fingerprint density at radius 3 is 2.38 bits per heavy atom. The quantitative estimate of drug-likeness (QED) is 0.934. The Kier molecular flexibility index (Phi) is 4.52. The summed E-state index contributed by atoms with van der Waals surface area (Å²) in [5.74, 6) is -0.161. The van der Waals surface area contributed by atoms with Gasteiger partial charge in [0.1, 0.15) is 6.04 Å². The van der Waals surface area contributed by atoms with Crippen LogP contribution in [-0.2, 0) is 4.79 Å². The number of nitrogens with zero attached hydrogens (tertiary/aromatic N) is 2. The van der Waals surface area contributed by atoms with E-state index in [1.54, 1.807) is 41.2 Å². The molecule has 5 nitrogen and oxygen atoms in total. The van der Waals surface area contributed by atoms with Crippen molar-refractivity contribution in [2.45, 2.75) is 19.4 Å². The molecule has 0 fully saturated rings. The van der Waals surface area contributed by atoms with E-state index in [1.165, 1.54) is 12.1 Å².